The molecule has 0 aliphatic heterocycles. The summed E-state index contributed by atoms with van der Waals surface area (Å²) in [6.07, 6.45) is 2.00. The molecule has 0 unspecified atom stereocenters. The van der Waals surface area contributed by atoms with E-state index >= 15 is 0 Å². The summed E-state index contributed by atoms with van der Waals surface area (Å²) in [7, 11) is 0. The van der Waals surface area contributed by atoms with Gasteiger partial charge in [0.2, 0.25) is 11.9 Å². The van der Waals surface area contributed by atoms with Crippen LogP contribution >= 0.6 is 0 Å². The number of nitrogens with zero attached hydrogens (tertiary/aromatic N) is 4. The summed E-state index contributed by atoms with van der Waals surface area (Å²) in [6, 6.07) is 0.475. The van der Waals surface area contributed by atoms with E-state index in [1.54, 1.807) is 0 Å². The number of nitrogens with one attached hydrogen (secondary N) is 4. The second-order valence-electron chi connectivity index (χ2n) is 6.94. The molecule has 2 aromatic rings. The second kappa shape index (κ2) is 9.35. The average Bonchev–Trinajstić information content (AvgIpc) is 2.57. The zero-order valence-corrected chi connectivity index (χ0v) is 16.8. The van der Waals surface area contributed by atoms with Crippen LogP contribution in [0.5, 0.6) is 0 Å². The van der Waals surface area contributed by atoms with Crippen LogP contribution < -0.4 is 21.3 Å². The summed E-state index contributed by atoms with van der Waals surface area (Å²) in [5.74, 6) is 2.63. The van der Waals surface area contributed by atoms with Crippen LogP contribution in [-0.4, -0.2) is 45.1 Å². The predicted octanol–water partition coefficient (Wildman–Crippen LogP) is 3.70. The fourth-order valence-electron chi connectivity index (χ4n) is 2.39. The normalized spacial score (nSPS) is 11.2. The van der Waals surface area contributed by atoms with Crippen molar-refractivity contribution in [2.24, 2.45) is 0 Å². The second-order valence-corrected chi connectivity index (χ2v) is 6.94. The molecule has 0 aliphatic carbocycles. The molecule has 0 radical (unpaired) electrons. The third-order valence-electron chi connectivity index (χ3n) is 3.46. The molecule has 0 amide bonds. The van der Waals surface area contributed by atoms with E-state index in [0.29, 0.717) is 11.9 Å². The van der Waals surface area contributed by atoms with Gasteiger partial charge in [0.1, 0.15) is 11.0 Å². The maximum atomic E-state index is 4.68. The Morgan fingerprint density at radius 3 is 1.35 bits per heavy atom. The van der Waals surface area contributed by atoms with Crippen molar-refractivity contribution in [3.63, 3.8) is 0 Å². The van der Waals surface area contributed by atoms with Crippen LogP contribution in [0.4, 0.5) is 23.5 Å². The molecule has 2 rings (SSSR count). The average molecular weight is 361 g/mol. The molecule has 0 fully saturated rings. The van der Waals surface area contributed by atoms with Gasteiger partial charge in [0.05, 0.1) is 0 Å². The molecule has 144 valence electrons. The summed E-state index contributed by atoms with van der Waals surface area (Å²) < 4.78 is 0. The first-order chi connectivity index (χ1) is 12.4. The highest BCUT2D eigenvalue weighted by atomic mass is 15.2. The minimum absolute atomic E-state index is 0.237. The summed E-state index contributed by atoms with van der Waals surface area (Å²) in [6.45, 7) is 14.1. The van der Waals surface area contributed by atoms with Crippen LogP contribution in [-0.2, 0) is 0 Å². The van der Waals surface area contributed by atoms with Crippen molar-refractivity contribution in [2.75, 3.05) is 34.4 Å². The minimum Gasteiger partial charge on any atom is -0.368 e. The maximum Gasteiger partial charge on any atom is 0.225 e. The summed E-state index contributed by atoms with van der Waals surface area (Å²) in [5.41, 5.74) is 1.45. The fourth-order valence-corrected chi connectivity index (χ4v) is 2.39. The molecule has 0 atom stereocenters. The molecule has 0 aromatic carbocycles. The fraction of sp³-hybridized carbons (Fsp3) is 0.667. The predicted molar refractivity (Wildman–Crippen MR) is 110 cm³/mol. The number of fused-ring (bicyclic) bond motifs is 1. The Bertz CT molecular complexity index is 653. The molecular weight excluding hydrogens is 328 g/mol. The van der Waals surface area contributed by atoms with Crippen LogP contribution in [0.3, 0.4) is 0 Å². The zero-order chi connectivity index (χ0) is 19.1. The van der Waals surface area contributed by atoms with E-state index in [1.165, 1.54) is 0 Å². The topological polar surface area (TPSA) is 99.7 Å². The highest BCUT2D eigenvalue weighted by molar-refractivity contribution is 5.94. The van der Waals surface area contributed by atoms with Crippen molar-refractivity contribution in [3.8, 4) is 0 Å². The third kappa shape index (κ3) is 5.31. The van der Waals surface area contributed by atoms with Gasteiger partial charge in [0.25, 0.3) is 0 Å². The molecule has 0 saturated carbocycles. The van der Waals surface area contributed by atoms with Crippen molar-refractivity contribution < 1.29 is 0 Å². The summed E-state index contributed by atoms with van der Waals surface area (Å²) >= 11 is 0. The molecule has 0 aliphatic rings. The van der Waals surface area contributed by atoms with Gasteiger partial charge >= 0.3 is 0 Å². The molecular formula is C18H32N8. The van der Waals surface area contributed by atoms with Crippen molar-refractivity contribution in [1.29, 1.82) is 0 Å². The van der Waals surface area contributed by atoms with Crippen molar-refractivity contribution >= 4 is 34.6 Å². The van der Waals surface area contributed by atoms with Gasteiger partial charge < -0.3 is 21.3 Å². The largest absolute Gasteiger partial charge is 0.368 e. The number of aromatic nitrogens is 4. The quantitative estimate of drug-likeness (QED) is 0.509. The summed E-state index contributed by atoms with van der Waals surface area (Å²) in [4.78, 5) is 18.6. The molecule has 8 heteroatoms. The Labute approximate surface area is 156 Å². The highest BCUT2D eigenvalue weighted by Crippen LogP contribution is 2.27. The summed E-state index contributed by atoms with van der Waals surface area (Å²) in [5, 5.41) is 13.3. The molecule has 2 heterocycles. The lowest BCUT2D eigenvalue weighted by atomic mass is 10.3. The SMILES string of the molecule is CCCNc1nc(NC(C)C)nc2c(NCCC)nc(NC(C)C)nc12. The van der Waals surface area contributed by atoms with E-state index in [0.717, 1.165) is 48.6 Å². The first kappa shape index (κ1) is 19.9. The van der Waals surface area contributed by atoms with Crippen LogP contribution in [0.25, 0.3) is 11.0 Å². The Balaban J connectivity index is 2.61. The van der Waals surface area contributed by atoms with Gasteiger partial charge in [-0.1, -0.05) is 13.8 Å². The Kier molecular flexibility index (Phi) is 7.17. The first-order valence-electron chi connectivity index (χ1n) is 9.55. The molecule has 0 spiro atoms. The van der Waals surface area contributed by atoms with Gasteiger partial charge in [-0.2, -0.15) is 9.97 Å². The van der Waals surface area contributed by atoms with E-state index in [9.17, 15) is 0 Å². The molecule has 26 heavy (non-hydrogen) atoms. The van der Waals surface area contributed by atoms with Gasteiger partial charge in [0.15, 0.2) is 11.6 Å². The third-order valence-corrected chi connectivity index (χ3v) is 3.46. The maximum absolute atomic E-state index is 4.68. The zero-order valence-electron chi connectivity index (χ0n) is 16.8. The van der Waals surface area contributed by atoms with Crippen molar-refractivity contribution in [2.45, 2.75) is 66.5 Å². The van der Waals surface area contributed by atoms with E-state index in [1.807, 2.05) is 0 Å². The van der Waals surface area contributed by atoms with Gasteiger partial charge in [-0.25, -0.2) is 9.97 Å². The molecule has 0 bridgehead atoms. The van der Waals surface area contributed by atoms with Crippen LogP contribution in [0.2, 0.25) is 0 Å². The van der Waals surface area contributed by atoms with E-state index in [4.69, 9.17) is 0 Å². The Morgan fingerprint density at radius 1 is 0.654 bits per heavy atom. The lowest BCUT2D eigenvalue weighted by Gasteiger charge is -2.16. The number of hydrogen-bond acceptors (Lipinski definition) is 8. The van der Waals surface area contributed by atoms with E-state index in [2.05, 4.69) is 82.7 Å². The first-order valence-corrected chi connectivity index (χ1v) is 9.55. The van der Waals surface area contributed by atoms with Crippen LogP contribution in [0.1, 0.15) is 54.4 Å². The van der Waals surface area contributed by atoms with Gasteiger partial charge in [0, 0.05) is 25.2 Å². The molecule has 0 saturated heterocycles. The highest BCUT2D eigenvalue weighted by Gasteiger charge is 2.16. The molecule has 4 N–H and O–H groups in total. The lowest BCUT2D eigenvalue weighted by Crippen LogP contribution is -2.17. The van der Waals surface area contributed by atoms with Gasteiger partial charge in [-0.3, -0.25) is 0 Å². The minimum atomic E-state index is 0.237. The monoisotopic (exact) mass is 360 g/mol. The van der Waals surface area contributed by atoms with Crippen LogP contribution in [0.15, 0.2) is 0 Å². The number of hydrogen-bond donors (Lipinski definition) is 4. The Hall–Kier alpha value is -2.38. The number of rotatable bonds is 10. The molecule has 8 nitrogen and oxygen atoms in total. The smallest absolute Gasteiger partial charge is 0.225 e. The lowest BCUT2D eigenvalue weighted by molar-refractivity contribution is 0.869. The standard InChI is InChI=1S/C18H32N8/c1-7-9-19-15-13-14(24-17(25-15)21-11(3)4)16(20-10-8-2)26-18(23-13)22-12(5)6/h11-12H,7-10H2,1-6H3,(H2,19,21,24,25)(H2,20,22,23,26). The van der Waals surface area contributed by atoms with E-state index in [-0.39, 0.29) is 12.1 Å². The van der Waals surface area contributed by atoms with Gasteiger partial charge in [-0.05, 0) is 40.5 Å². The molecule has 2 aromatic heterocycles. The van der Waals surface area contributed by atoms with Crippen molar-refractivity contribution in [1.82, 2.24) is 19.9 Å². The van der Waals surface area contributed by atoms with Crippen molar-refractivity contribution in [3.05, 3.63) is 0 Å². The van der Waals surface area contributed by atoms with Gasteiger partial charge in [-0.15, -0.1) is 0 Å². The number of anilines is 4. The van der Waals surface area contributed by atoms with E-state index < -0.39 is 0 Å². The Morgan fingerprint density at radius 2 is 1.04 bits per heavy atom. The van der Waals surface area contributed by atoms with Crippen LogP contribution in [0, 0.1) is 0 Å².